The van der Waals surface area contributed by atoms with Crippen molar-refractivity contribution < 1.29 is 29.3 Å². The average molecular weight is 230 g/mol. The monoisotopic (exact) mass is 230 g/mol. The summed E-state index contributed by atoms with van der Waals surface area (Å²) >= 11 is 0. The van der Waals surface area contributed by atoms with Crippen LogP contribution in [0.4, 0.5) is 0 Å². The Balaban J connectivity index is 4.65. The first-order chi connectivity index (χ1) is 7.40. The number of carboxylic acid groups (broad SMARTS) is 2. The Morgan fingerprint density at radius 3 is 2.25 bits per heavy atom. The molecule has 0 spiro atoms. The van der Waals surface area contributed by atoms with Crippen molar-refractivity contribution in [1.29, 1.82) is 0 Å². The maximum atomic E-state index is 11.4. The number of aliphatic carboxylic acids is 2. The van der Waals surface area contributed by atoms with Crippen LogP contribution in [0.5, 0.6) is 0 Å². The number of hydrogen-bond donors (Lipinski definition) is 2. The number of hydrogen-bond acceptors (Lipinski definition) is 4. The molecule has 0 aliphatic rings. The molecule has 1 unspecified atom stereocenters. The fourth-order valence-electron chi connectivity index (χ4n) is 0.976. The lowest BCUT2D eigenvalue weighted by Crippen LogP contribution is -2.26. The molecule has 0 aliphatic carbocycles. The first kappa shape index (κ1) is 14.2. The molecule has 0 rings (SSSR count). The van der Waals surface area contributed by atoms with Crippen LogP contribution in [0.3, 0.4) is 0 Å². The molecule has 90 valence electrons. The third-order valence-corrected chi connectivity index (χ3v) is 1.81. The van der Waals surface area contributed by atoms with Gasteiger partial charge in [-0.1, -0.05) is 13.5 Å². The molecule has 2 N–H and O–H groups in total. The first-order valence-electron chi connectivity index (χ1n) is 4.70. The Hall–Kier alpha value is -1.85. The van der Waals surface area contributed by atoms with E-state index in [-0.39, 0.29) is 6.61 Å². The third kappa shape index (κ3) is 4.59. The molecule has 1 atom stereocenters. The predicted octanol–water partition coefficient (Wildman–Crippen LogP) is 0.671. The Morgan fingerprint density at radius 1 is 1.31 bits per heavy atom. The highest BCUT2D eigenvalue weighted by Crippen LogP contribution is 2.16. The Kier molecular flexibility index (Phi) is 5.84. The molecule has 0 radical (unpaired) electrons. The van der Waals surface area contributed by atoms with Gasteiger partial charge in [0, 0.05) is 5.57 Å². The molecule has 6 heteroatoms. The van der Waals surface area contributed by atoms with Crippen LogP contribution in [0.1, 0.15) is 19.8 Å². The van der Waals surface area contributed by atoms with Gasteiger partial charge in [0.15, 0.2) is 0 Å². The molecule has 0 aromatic carbocycles. The van der Waals surface area contributed by atoms with Crippen molar-refractivity contribution in [2.45, 2.75) is 19.8 Å². The number of ether oxygens (including phenoxy) is 1. The normalized spacial score (nSPS) is 11.6. The highest BCUT2D eigenvalue weighted by Gasteiger charge is 2.29. The van der Waals surface area contributed by atoms with Gasteiger partial charge in [-0.15, -0.1) is 0 Å². The molecule has 0 saturated heterocycles. The highest BCUT2D eigenvalue weighted by molar-refractivity contribution is 5.95. The van der Waals surface area contributed by atoms with Crippen LogP contribution in [0, 0.1) is 5.92 Å². The van der Waals surface area contributed by atoms with Crippen LogP contribution in [0.2, 0.25) is 0 Å². The second kappa shape index (κ2) is 6.60. The summed E-state index contributed by atoms with van der Waals surface area (Å²) in [5.74, 6) is -4.88. The standard InChI is InChI=1S/C10H14O6/c1-3-4-16-10(15)7(5-8(11)12)6(2)9(13)14/h7H,2-5H2,1H3,(H,11,12)(H,13,14). The van der Waals surface area contributed by atoms with Crippen molar-refractivity contribution in [3.63, 3.8) is 0 Å². The lowest BCUT2D eigenvalue weighted by Gasteiger charge is -2.13. The number of rotatable bonds is 7. The summed E-state index contributed by atoms with van der Waals surface area (Å²) in [4.78, 5) is 32.4. The first-order valence-corrected chi connectivity index (χ1v) is 4.70. The Morgan fingerprint density at radius 2 is 1.88 bits per heavy atom. The molecule has 6 nitrogen and oxygen atoms in total. The lowest BCUT2D eigenvalue weighted by molar-refractivity contribution is -0.153. The van der Waals surface area contributed by atoms with Gasteiger partial charge >= 0.3 is 17.9 Å². The summed E-state index contributed by atoms with van der Waals surface area (Å²) in [6.45, 7) is 5.07. The van der Waals surface area contributed by atoms with Gasteiger partial charge < -0.3 is 14.9 Å². The van der Waals surface area contributed by atoms with Gasteiger partial charge in [0.1, 0.15) is 0 Å². The molecule has 0 fully saturated rings. The van der Waals surface area contributed by atoms with E-state index in [0.29, 0.717) is 6.42 Å². The summed E-state index contributed by atoms with van der Waals surface area (Å²) in [6, 6.07) is 0. The van der Waals surface area contributed by atoms with Crippen molar-refractivity contribution in [1.82, 2.24) is 0 Å². The van der Waals surface area contributed by atoms with Crippen LogP contribution < -0.4 is 0 Å². The van der Waals surface area contributed by atoms with Gasteiger partial charge in [-0.05, 0) is 6.42 Å². The third-order valence-electron chi connectivity index (χ3n) is 1.81. The number of carboxylic acids is 2. The molecule has 0 saturated carbocycles. The van der Waals surface area contributed by atoms with Crippen molar-refractivity contribution >= 4 is 17.9 Å². The molecule has 0 aromatic rings. The van der Waals surface area contributed by atoms with Crippen LogP contribution in [0.15, 0.2) is 12.2 Å². The molecular formula is C10H14O6. The SMILES string of the molecule is C=C(C(=O)O)C(CC(=O)O)C(=O)OCCC. The quantitative estimate of drug-likeness (QED) is 0.492. The van der Waals surface area contributed by atoms with Crippen LogP contribution in [0.25, 0.3) is 0 Å². The minimum Gasteiger partial charge on any atom is -0.481 e. The number of carbonyl (C=O) groups excluding carboxylic acids is 1. The van der Waals surface area contributed by atoms with E-state index in [1.165, 1.54) is 0 Å². The molecular weight excluding hydrogens is 216 g/mol. The summed E-state index contributed by atoms with van der Waals surface area (Å²) in [7, 11) is 0. The van der Waals surface area contributed by atoms with E-state index in [2.05, 4.69) is 6.58 Å². The van der Waals surface area contributed by atoms with Gasteiger partial charge in [0.05, 0.1) is 18.9 Å². The molecule has 0 aromatic heterocycles. The second-order valence-electron chi connectivity index (χ2n) is 3.15. The minimum atomic E-state index is -1.40. The highest BCUT2D eigenvalue weighted by atomic mass is 16.5. The van der Waals surface area contributed by atoms with E-state index in [9.17, 15) is 14.4 Å². The van der Waals surface area contributed by atoms with Crippen molar-refractivity contribution in [3.8, 4) is 0 Å². The number of esters is 1. The van der Waals surface area contributed by atoms with E-state index in [0.717, 1.165) is 0 Å². The van der Waals surface area contributed by atoms with E-state index >= 15 is 0 Å². The zero-order valence-electron chi connectivity index (χ0n) is 8.93. The fourth-order valence-corrected chi connectivity index (χ4v) is 0.976. The van der Waals surface area contributed by atoms with Gasteiger partial charge in [-0.2, -0.15) is 0 Å². The minimum absolute atomic E-state index is 0.127. The van der Waals surface area contributed by atoms with E-state index in [1.54, 1.807) is 6.92 Å². The maximum Gasteiger partial charge on any atom is 0.331 e. The molecule has 16 heavy (non-hydrogen) atoms. The molecule has 0 aliphatic heterocycles. The topological polar surface area (TPSA) is 101 Å². The lowest BCUT2D eigenvalue weighted by atomic mass is 9.97. The van der Waals surface area contributed by atoms with Crippen molar-refractivity contribution in [2.75, 3.05) is 6.61 Å². The zero-order chi connectivity index (χ0) is 12.7. The second-order valence-corrected chi connectivity index (χ2v) is 3.15. The molecule has 0 heterocycles. The zero-order valence-corrected chi connectivity index (χ0v) is 8.93. The average Bonchev–Trinajstić information content (AvgIpc) is 2.21. The fraction of sp³-hybridized carbons (Fsp3) is 0.500. The Labute approximate surface area is 92.5 Å². The van der Waals surface area contributed by atoms with E-state index in [4.69, 9.17) is 14.9 Å². The molecule has 0 bridgehead atoms. The number of carbonyl (C=O) groups is 3. The summed E-state index contributed by atoms with van der Waals surface area (Å²) in [6.07, 6.45) is -0.0568. The predicted molar refractivity (Wildman–Crippen MR) is 53.8 cm³/mol. The smallest absolute Gasteiger partial charge is 0.331 e. The van der Waals surface area contributed by atoms with Crippen molar-refractivity contribution in [3.05, 3.63) is 12.2 Å². The van der Waals surface area contributed by atoms with Gasteiger partial charge in [-0.25, -0.2) is 4.79 Å². The molecule has 0 amide bonds. The van der Waals surface area contributed by atoms with Gasteiger partial charge in [0.2, 0.25) is 0 Å². The van der Waals surface area contributed by atoms with Crippen LogP contribution in [-0.4, -0.2) is 34.7 Å². The van der Waals surface area contributed by atoms with Crippen molar-refractivity contribution in [2.24, 2.45) is 5.92 Å². The maximum absolute atomic E-state index is 11.4. The van der Waals surface area contributed by atoms with Crippen LogP contribution in [-0.2, 0) is 19.1 Å². The Bertz CT molecular complexity index is 306. The summed E-state index contributed by atoms with van der Waals surface area (Å²) in [5.41, 5.74) is -0.469. The van der Waals surface area contributed by atoms with E-state index in [1.807, 2.05) is 0 Å². The van der Waals surface area contributed by atoms with E-state index < -0.39 is 35.8 Å². The van der Waals surface area contributed by atoms with Gasteiger partial charge in [0.25, 0.3) is 0 Å². The van der Waals surface area contributed by atoms with Crippen LogP contribution >= 0.6 is 0 Å². The van der Waals surface area contributed by atoms with Gasteiger partial charge in [-0.3, -0.25) is 9.59 Å². The summed E-state index contributed by atoms with van der Waals surface area (Å²) in [5, 5.41) is 17.2. The largest absolute Gasteiger partial charge is 0.481 e. The summed E-state index contributed by atoms with van der Waals surface area (Å²) < 4.78 is 4.70.